The Kier molecular flexibility index (Phi) is 4.97. The molecule has 4 heteroatoms. The van der Waals surface area contributed by atoms with E-state index in [-0.39, 0.29) is 0 Å². The number of nitrogens with one attached hydrogen (secondary N) is 1. The summed E-state index contributed by atoms with van der Waals surface area (Å²) in [6.45, 7) is 3.23. The highest BCUT2D eigenvalue weighted by atomic mass is 32.2. The molecule has 0 fully saturated rings. The molecule has 0 aliphatic heterocycles. The molecule has 0 radical (unpaired) electrons. The number of hydroxylamine groups is 1. The van der Waals surface area contributed by atoms with Crippen LogP contribution in [0.25, 0.3) is 0 Å². The van der Waals surface area contributed by atoms with E-state index in [1.807, 2.05) is 19.1 Å². The lowest BCUT2D eigenvalue weighted by Crippen LogP contribution is -2.12. The van der Waals surface area contributed by atoms with Crippen molar-refractivity contribution in [1.29, 1.82) is 0 Å². The molecule has 0 unspecified atom stereocenters. The molecule has 0 saturated heterocycles. The Morgan fingerprint density at radius 2 is 2.23 bits per heavy atom. The lowest BCUT2D eigenvalue weighted by molar-refractivity contribution is 0.0424. The van der Waals surface area contributed by atoms with Gasteiger partial charge >= 0.3 is 0 Å². The van der Waals surface area contributed by atoms with Crippen LogP contribution in [0.5, 0.6) is 0 Å². The molecule has 0 aliphatic carbocycles. The van der Waals surface area contributed by atoms with Crippen molar-refractivity contribution < 1.29 is 9.25 Å². The van der Waals surface area contributed by atoms with Crippen LogP contribution in [0, 0.1) is 0 Å². The zero-order valence-corrected chi connectivity index (χ0v) is 8.82. The summed E-state index contributed by atoms with van der Waals surface area (Å²) in [6.07, 6.45) is 2.06. The minimum Gasteiger partial charge on any atom is -0.464 e. The van der Waals surface area contributed by atoms with Gasteiger partial charge in [0.15, 0.2) is 0 Å². The standard InChI is InChI=1S/C9H15NO2S/c1-3-11-10-6-8-4-5-9(12-8)7-13-2/h4-5,10H,3,6-7H2,1-2H3. The maximum Gasteiger partial charge on any atom is 0.120 e. The maximum atomic E-state index is 5.51. The molecule has 0 aliphatic rings. The lowest BCUT2D eigenvalue weighted by Gasteiger charge is -1.99. The molecule has 74 valence electrons. The van der Waals surface area contributed by atoms with Gasteiger partial charge in [-0.2, -0.15) is 17.2 Å². The first kappa shape index (κ1) is 10.6. The second-order valence-corrected chi connectivity index (χ2v) is 3.42. The van der Waals surface area contributed by atoms with Gasteiger partial charge in [-0.05, 0) is 25.3 Å². The van der Waals surface area contributed by atoms with Crippen molar-refractivity contribution >= 4 is 11.8 Å². The first-order valence-corrected chi connectivity index (χ1v) is 5.67. The van der Waals surface area contributed by atoms with Gasteiger partial charge in [-0.25, -0.2) is 0 Å². The molecule has 0 spiro atoms. The molecule has 1 heterocycles. The van der Waals surface area contributed by atoms with Crippen LogP contribution in [0.3, 0.4) is 0 Å². The Hall–Kier alpha value is -0.450. The predicted molar refractivity (Wildman–Crippen MR) is 54.4 cm³/mol. The number of hydrogen-bond acceptors (Lipinski definition) is 4. The fourth-order valence-corrected chi connectivity index (χ4v) is 1.40. The highest BCUT2D eigenvalue weighted by Gasteiger charge is 2.00. The van der Waals surface area contributed by atoms with Crippen LogP contribution >= 0.6 is 11.8 Å². The Bertz CT molecular complexity index is 237. The molecular formula is C9H15NO2S. The minimum absolute atomic E-state index is 0.627. The quantitative estimate of drug-likeness (QED) is 0.565. The van der Waals surface area contributed by atoms with Gasteiger partial charge in [-0.3, -0.25) is 0 Å². The van der Waals surface area contributed by atoms with Crippen molar-refractivity contribution in [2.24, 2.45) is 0 Å². The van der Waals surface area contributed by atoms with Crippen molar-refractivity contribution in [3.8, 4) is 0 Å². The second-order valence-electron chi connectivity index (χ2n) is 2.56. The van der Waals surface area contributed by atoms with E-state index < -0.39 is 0 Å². The highest BCUT2D eigenvalue weighted by molar-refractivity contribution is 7.97. The van der Waals surface area contributed by atoms with Crippen molar-refractivity contribution in [1.82, 2.24) is 5.48 Å². The van der Waals surface area contributed by atoms with Gasteiger partial charge in [-0.1, -0.05) is 0 Å². The van der Waals surface area contributed by atoms with E-state index in [2.05, 4.69) is 11.7 Å². The first-order chi connectivity index (χ1) is 6.36. The van der Waals surface area contributed by atoms with Gasteiger partial charge in [0.05, 0.1) is 18.9 Å². The molecular weight excluding hydrogens is 186 g/mol. The van der Waals surface area contributed by atoms with Gasteiger partial charge < -0.3 is 9.25 Å². The Morgan fingerprint density at radius 3 is 2.92 bits per heavy atom. The molecule has 1 aromatic rings. The van der Waals surface area contributed by atoms with E-state index in [0.29, 0.717) is 13.2 Å². The third-order valence-electron chi connectivity index (χ3n) is 1.50. The summed E-state index contributed by atoms with van der Waals surface area (Å²) in [4.78, 5) is 4.99. The molecule has 0 bridgehead atoms. The Morgan fingerprint density at radius 1 is 1.46 bits per heavy atom. The van der Waals surface area contributed by atoms with Gasteiger partial charge in [-0.15, -0.1) is 0 Å². The topological polar surface area (TPSA) is 34.4 Å². The van der Waals surface area contributed by atoms with E-state index in [0.717, 1.165) is 17.3 Å². The van der Waals surface area contributed by atoms with Gasteiger partial charge in [0.1, 0.15) is 11.5 Å². The summed E-state index contributed by atoms with van der Waals surface area (Å²) in [5.41, 5.74) is 2.81. The van der Waals surface area contributed by atoms with E-state index >= 15 is 0 Å². The van der Waals surface area contributed by atoms with Gasteiger partial charge in [0.2, 0.25) is 0 Å². The highest BCUT2D eigenvalue weighted by Crippen LogP contribution is 2.12. The number of hydrogen-bond donors (Lipinski definition) is 1. The van der Waals surface area contributed by atoms with Crippen LogP contribution in [0.4, 0.5) is 0 Å². The monoisotopic (exact) mass is 201 g/mol. The van der Waals surface area contributed by atoms with Crippen LogP contribution < -0.4 is 5.48 Å². The molecule has 0 amide bonds. The van der Waals surface area contributed by atoms with E-state index in [9.17, 15) is 0 Å². The number of rotatable bonds is 6. The first-order valence-electron chi connectivity index (χ1n) is 4.28. The van der Waals surface area contributed by atoms with Crippen LogP contribution in [-0.2, 0) is 17.1 Å². The molecule has 13 heavy (non-hydrogen) atoms. The molecule has 0 aromatic carbocycles. The average Bonchev–Trinajstić information content (AvgIpc) is 2.54. The Labute approximate surface area is 82.8 Å². The summed E-state index contributed by atoms with van der Waals surface area (Å²) in [7, 11) is 0. The summed E-state index contributed by atoms with van der Waals surface area (Å²) >= 11 is 1.75. The van der Waals surface area contributed by atoms with Crippen LogP contribution in [0.1, 0.15) is 18.4 Å². The largest absolute Gasteiger partial charge is 0.464 e. The van der Waals surface area contributed by atoms with Crippen molar-refractivity contribution in [3.05, 3.63) is 23.7 Å². The summed E-state index contributed by atoms with van der Waals surface area (Å²) in [6, 6.07) is 3.97. The van der Waals surface area contributed by atoms with Crippen LogP contribution in [0.15, 0.2) is 16.5 Å². The van der Waals surface area contributed by atoms with Gasteiger partial charge in [0, 0.05) is 0 Å². The number of thioether (sulfide) groups is 1. The molecule has 1 aromatic heterocycles. The third kappa shape index (κ3) is 3.85. The average molecular weight is 201 g/mol. The Balaban J connectivity index is 2.31. The van der Waals surface area contributed by atoms with Crippen molar-refractivity contribution in [2.45, 2.75) is 19.2 Å². The third-order valence-corrected chi connectivity index (χ3v) is 2.07. The normalized spacial score (nSPS) is 10.6. The zero-order chi connectivity index (χ0) is 9.52. The van der Waals surface area contributed by atoms with Gasteiger partial charge in [0.25, 0.3) is 0 Å². The zero-order valence-electron chi connectivity index (χ0n) is 8.00. The summed E-state index contributed by atoms with van der Waals surface area (Å²) < 4.78 is 5.51. The lowest BCUT2D eigenvalue weighted by atomic mass is 10.4. The van der Waals surface area contributed by atoms with Crippen LogP contribution in [0.2, 0.25) is 0 Å². The van der Waals surface area contributed by atoms with E-state index in [1.54, 1.807) is 11.8 Å². The molecule has 0 atom stereocenters. The van der Waals surface area contributed by atoms with Crippen molar-refractivity contribution in [2.75, 3.05) is 12.9 Å². The second kappa shape index (κ2) is 6.07. The van der Waals surface area contributed by atoms with Crippen molar-refractivity contribution in [3.63, 3.8) is 0 Å². The number of furan rings is 1. The van der Waals surface area contributed by atoms with E-state index in [4.69, 9.17) is 9.25 Å². The molecule has 1 rings (SSSR count). The summed E-state index contributed by atoms with van der Waals surface area (Å²) in [5.74, 6) is 2.85. The smallest absolute Gasteiger partial charge is 0.120 e. The minimum atomic E-state index is 0.627. The predicted octanol–water partition coefficient (Wildman–Crippen LogP) is 2.18. The fourth-order valence-electron chi connectivity index (χ4n) is 0.961. The molecule has 3 nitrogen and oxygen atoms in total. The summed E-state index contributed by atoms with van der Waals surface area (Å²) in [5, 5.41) is 0. The van der Waals surface area contributed by atoms with Crippen LogP contribution in [-0.4, -0.2) is 12.9 Å². The molecule has 1 N–H and O–H groups in total. The maximum absolute atomic E-state index is 5.51. The molecule has 0 saturated carbocycles. The SMILES string of the molecule is CCONCc1ccc(CSC)o1. The van der Waals surface area contributed by atoms with E-state index in [1.165, 1.54) is 0 Å². The fraction of sp³-hybridized carbons (Fsp3) is 0.556.